The maximum atomic E-state index is 13.5. The van der Waals surface area contributed by atoms with Crippen LogP contribution in [0.25, 0.3) is 0 Å². The van der Waals surface area contributed by atoms with E-state index in [1.807, 2.05) is 0 Å². The highest BCUT2D eigenvalue weighted by Gasteiger charge is 2.16. The zero-order chi connectivity index (χ0) is 18.6. The molecule has 132 valence electrons. The molecular weight excluding hydrogens is 373 g/mol. The van der Waals surface area contributed by atoms with Crippen molar-refractivity contribution < 1.29 is 22.3 Å². The molecule has 0 aliphatic carbocycles. The molecule has 0 aromatic heterocycles. The smallest absolute Gasteiger partial charge is 0.271 e. The van der Waals surface area contributed by atoms with Gasteiger partial charge < -0.3 is 4.74 Å². The second-order valence-corrected chi connectivity index (χ2v) is 6.72. The highest BCUT2D eigenvalue weighted by atomic mass is 35.5. The molecule has 2 aromatic rings. The number of amides is 1. The number of carbonyl (C=O) groups excluding carboxylic acids is 1. The number of hydrazone groups is 1. The number of hydrogen-bond acceptors (Lipinski definition) is 5. The van der Waals surface area contributed by atoms with Gasteiger partial charge in [-0.05, 0) is 42.0 Å². The largest absolute Gasteiger partial charge is 0.494 e. The van der Waals surface area contributed by atoms with E-state index < -0.39 is 21.7 Å². The summed E-state index contributed by atoms with van der Waals surface area (Å²) in [5.41, 5.74) is 2.57. The molecule has 0 aliphatic heterocycles. The van der Waals surface area contributed by atoms with Crippen molar-refractivity contribution in [2.24, 2.45) is 10.2 Å². The highest BCUT2D eigenvalue weighted by Crippen LogP contribution is 2.21. The zero-order valence-corrected chi connectivity index (χ0v) is 14.4. The summed E-state index contributed by atoms with van der Waals surface area (Å²) in [7, 11) is -2.73. The molecular formula is C15H13ClFN3O4S. The van der Waals surface area contributed by atoms with E-state index in [0.29, 0.717) is 5.56 Å². The fourth-order valence-electron chi connectivity index (χ4n) is 1.86. The minimum Gasteiger partial charge on any atom is -0.494 e. The van der Waals surface area contributed by atoms with Crippen LogP contribution in [0.15, 0.2) is 46.4 Å². The number of primary sulfonamides is 1. The van der Waals surface area contributed by atoms with Crippen molar-refractivity contribution in [3.63, 3.8) is 0 Å². The molecule has 0 saturated heterocycles. The Morgan fingerprint density at radius 1 is 1.32 bits per heavy atom. The summed E-state index contributed by atoms with van der Waals surface area (Å²) >= 11 is 5.74. The molecule has 3 N–H and O–H groups in total. The van der Waals surface area contributed by atoms with E-state index in [0.717, 1.165) is 6.07 Å². The fraction of sp³-hybridized carbons (Fsp3) is 0.0667. The molecule has 2 rings (SSSR count). The van der Waals surface area contributed by atoms with Crippen LogP contribution in [0.3, 0.4) is 0 Å². The van der Waals surface area contributed by atoms with Crippen molar-refractivity contribution in [2.45, 2.75) is 4.90 Å². The molecule has 0 fully saturated rings. The van der Waals surface area contributed by atoms with Gasteiger partial charge in [-0.2, -0.15) is 5.10 Å². The summed E-state index contributed by atoms with van der Waals surface area (Å²) in [6, 6.07) is 7.72. The normalized spacial score (nSPS) is 11.5. The summed E-state index contributed by atoms with van der Waals surface area (Å²) in [5, 5.41) is 8.60. The van der Waals surface area contributed by atoms with Gasteiger partial charge in [0.2, 0.25) is 10.0 Å². The number of benzene rings is 2. The van der Waals surface area contributed by atoms with Crippen LogP contribution >= 0.6 is 11.6 Å². The second kappa shape index (κ2) is 7.60. The summed E-state index contributed by atoms with van der Waals surface area (Å²) < 4.78 is 41.1. The number of carbonyl (C=O) groups is 1. The van der Waals surface area contributed by atoms with Crippen LogP contribution in [-0.4, -0.2) is 27.6 Å². The third-order valence-corrected chi connectivity index (χ3v) is 4.45. The fourth-order valence-corrected chi connectivity index (χ4v) is 2.93. The molecule has 0 unspecified atom stereocenters. The van der Waals surface area contributed by atoms with Gasteiger partial charge in [0.15, 0.2) is 11.6 Å². The lowest BCUT2D eigenvalue weighted by Crippen LogP contribution is -2.19. The first-order chi connectivity index (χ1) is 11.7. The Labute approximate surface area is 148 Å². The van der Waals surface area contributed by atoms with Crippen molar-refractivity contribution >= 4 is 33.7 Å². The number of methoxy groups -OCH3 is 1. The molecule has 2 aromatic carbocycles. The number of nitrogens with zero attached hydrogens (tertiary/aromatic N) is 1. The van der Waals surface area contributed by atoms with E-state index in [9.17, 15) is 17.6 Å². The van der Waals surface area contributed by atoms with Gasteiger partial charge in [0.1, 0.15) is 4.90 Å². The standard InChI is InChI=1S/C15H13ClFN3O4S/c1-24-13-5-2-9(6-12(13)17)8-19-20-15(21)10-3-4-11(16)14(7-10)25(18,22)23/h2-8H,1H3,(H,20,21)(H2,18,22,23)/b19-8-. The van der Waals surface area contributed by atoms with Crippen LogP contribution in [0.2, 0.25) is 5.02 Å². The highest BCUT2D eigenvalue weighted by molar-refractivity contribution is 7.89. The predicted molar refractivity (Wildman–Crippen MR) is 90.8 cm³/mol. The van der Waals surface area contributed by atoms with Crippen molar-refractivity contribution in [3.05, 3.63) is 58.4 Å². The van der Waals surface area contributed by atoms with Gasteiger partial charge in [-0.1, -0.05) is 11.6 Å². The average molecular weight is 386 g/mol. The number of hydrogen-bond donors (Lipinski definition) is 2. The molecule has 25 heavy (non-hydrogen) atoms. The predicted octanol–water partition coefficient (Wildman–Crippen LogP) is 1.90. The number of sulfonamides is 1. The van der Waals surface area contributed by atoms with Gasteiger partial charge >= 0.3 is 0 Å². The maximum absolute atomic E-state index is 13.5. The summed E-state index contributed by atoms with van der Waals surface area (Å²) in [5.74, 6) is -1.18. The molecule has 0 radical (unpaired) electrons. The molecule has 0 atom stereocenters. The summed E-state index contributed by atoms with van der Waals surface area (Å²) in [6.07, 6.45) is 1.22. The van der Waals surface area contributed by atoms with Crippen LogP contribution in [0.5, 0.6) is 5.75 Å². The van der Waals surface area contributed by atoms with E-state index in [4.69, 9.17) is 21.5 Å². The molecule has 0 bridgehead atoms. The lowest BCUT2D eigenvalue weighted by atomic mass is 10.2. The van der Waals surface area contributed by atoms with Crippen molar-refractivity contribution in [2.75, 3.05) is 7.11 Å². The third kappa shape index (κ3) is 4.75. The van der Waals surface area contributed by atoms with Gasteiger partial charge in [0.25, 0.3) is 5.91 Å². The monoisotopic (exact) mass is 385 g/mol. The molecule has 0 saturated carbocycles. The Kier molecular flexibility index (Phi) is 5.73. The topological polar surface area (TPSA) is 111 Å². The SMILES string of the molecule is COc1ccc(/C=N\NC(=O)c2ccc(Cl)c(S(N)(=O)=O)c2)cc1F. The molecule has 10 heteroatoms. The first kappa shape index (κ1) is 18.8. The first-order valence-corrected chi connectivity index (χ1v) is 8.64. The number of rotatable bonds is 5. The van der Waals surface area contributed by atoms with Gasteiger partial charge in [0, 0.05) is 5.56 Å². The molecule has 0 aliphatic rings. The van der Waals surface area contributed by atoms with E-state index in [-0.39, 0.29) is 21.2 Å². The van der Waals surface area contributed by atoms with Crippen molar-refractivity contribution in [3.8, 4) is 5.75 Å². The second-order valence-electron chi connectivity index (χ2n) is 4.78. The number of halogens is 2. The van der Waals surface area contributed by atoms with Crippen molar-refractivity contribution in [1.82, 2.24) is 5.43 Å². The number of nitrogens with two attached hydrogens (primary N) is 1. The first-order valence-electron chi connectivity index (χ1n) is 6.71. The Balaban J connectivity index is 2.14. The van der Waals surface area contributed by atoms with Gasteiger partial charge in [-0.15, -0.1) is 0 Å². The van der Waals surface area contributed by atoms with Crippen LogP contribution in [0, 0.1) is 5.82 Å². The van der Waals surface area contributed by atoms with Crippen LogP contribution < -0.4 is 15.3 Å². The maximum Gasteiger partial charge on any atom is 0.271 e. The van der Waals surface area contributed by atoms with Gasteiger partial charge in [-0.3, -0.25) is 4.79 Å². The Morgan fingerprint density at radius 2 is 2.04 bits per heavy atom. The summed E-state index contributed by atoms with van der Waals surface area (Å²) in [6.45, 7) is 0. The Morgan fingerprint density at radius 3 is 2.64 bits per heavy atom. The van der Waals surface area contributed by atoms with Gasteiger partial charge in [0.05, 0.1) is 18.3 Å². The lowest BCUT2D eigenvalue weighted by molar-refractivity contribution is 0.0955. The molecule has 0 heterocycles. The third-order valence-electron chi connectivity index (χ3n) is 3.06. The van der Waals surface area contributed by atoms with Crippen LogP contribution in [-0.2, 0) is 10.0 Å². The average Bonchev–Trinajstić information content (AvgIpc) is 2.54. The van der Waals surface area contributed by atoms with Crippen LogP contribution in [0.1, 0.15) is 15.9 Å². The number of nitrogens with one attached hydrogen (secondary N) is 1. The molecule has 0 spiro atoms. The van der Waals surface area contributed by atoms with Crippen molar-refractivity contribution in [1.29, 1.82) is 0 Å². The van der Waals surface area contributed by atoms with E-state index in [2.05, 4.69) is 10.5 Å². The van der Waals surface area contributed by atoms with E-state index in [1.54, 1.807) is 6.07 Å². The number of ether oxygens (including phenoxy) is 1. The molecule has 1 amide bonds. The molecule has 7 nitrogen and oxygen atoms in total. The lowest BCUT2D eigenvalue weighted by Gasteiger charge is -2.05. The quantitative estimate of drug-likeness (QED) is 0.604. The van der Waals surface area contributed by atoms with Crippen LogP contribution in [0.4, 0.5) is 4.39 Å². The minimum absolute atomic E-state index is 0.00788. The summed E-state index contributed by atoms with van der Waals surface area (Å²) in [4.78, 5) is 11.6. The van der Waals surface area contributed by atoms with E-state index in [1.165, 1.54) is 37.6 Å². The Bertz CT molecular complexity index is 948. The van der Waals surface area contributed by atoms with Gasteiger partial charge in [-0.25, -0.2) is 23.4 Å². The zero-order valence-electron chi connectivity index (χ0n) is 12.9. The minimum atomic E-state index is -4.07. The Hall–Kier alpha value is -2.49. The van der Waals surface area contributed by atoms with E-state index >= 15 is 0 Å².